The van der Waals surface area contributed by atoms with Crippen LogP contribution in [-0.2, 0) is 11.4 Å². The van der Waals surface area contributed by atoms with Crippen molar-refractivity contribution in [1.82, 2.24) is 15.1 Å². The van der Waals surface area contributed by atoms with Crippen LogP contribution >= 0.6 is 11.6 Å². The van der Waals surface area contributed by atoms with E-state index in [1.165, 1.54) is 7.05 Å². The largest absolute Gasteiger partial charge is 0.489 e. The molecule has 7 heteroatoms. The number of carbonyl (C=O) groups excluding carboxylic acids is 1. The number of nitrogens with one attached hydrogen (secondary N) is 1. The molecule has 34 heavy (non-hydrogen) atoms. The van der Waals surface area contributed by atoms with Gasteiger partial charge in [0.25, 0.3) is 5.91 Å². The minimum atomic E-state index is -0.457. The topological polar surface area (TPSA) is 79.9 Å². The molecule has 4 rings (SSSR count). The Morgan fingerprint density at radius 2 is 1.88 bits per heavy atom. The second-order valence-corrected chi connectivity index (χ2v) is 7.84. The third-order valence-electron chi connectivity index (χ3n) is 5.08. The van der Waals surface area contributed by atoms with Crippen LogP contribution in [0.15, 0.2) is 90.6 Å². The van der Waals surface area contributed by atoms with Gasteiger partial charge in [-0.2, -0.15) is 10.4 Å². The first-order valence-corrected chi connectivity index (χ1v) is 10.9. The lowest BCUT2D eigenvalue weighted by molar-refractivity contribution is -0.116. The van der Waals surface area contributed by atoms with Crippen LogP contribution < -0.4 is 10.1 Å². The summed E-state index contributed by atoms with van der Waals surface area (Å²) in [6, 6.07) is 26.6. The molecule has 0 saturated carbocycles. The fourth-order valence-corrected chi connectivity index (χ4v) is 3.48. The predicted molar refractivity (Wildman–Crippen MR) is 132 cm³/mol. The first-order chi connectivity index (χ1) is 16.6. The van der Waals surface area contributed by atoms with E-state index < -0.39 is 5.91 Å². The van der Waals surface area contributed by atoms with Crippen LogP contribution in [0.5, 0.6) is 5.75 Å². The van der Waals surface area contributed by atoms with Gasteiger partial charge in [0.2, 0.25) is 0 Å². The number of ether oxygens (including phenoxy) is 1. The van der Waals surface area contributed by atoms with Crippen LogP contribution in [0.2, 0.25) is 5.02 Å². The van der Waals surface area contributed by atoms with Gasteiger partial charge in [0.05, 0.1) is 5.69 Å². The zero-order valence-electron chi connectivity index (χ0n) is 18.4. The molecule has 4 aromatic rings. The third kappa shape index (κ3) is 5.34. The predicted octanol–water partition coefficient (Wildman–Crippen LogP) is 5.42. The third-order valence-corrected chi connectivity index (χ3v) is 5.33. The van der Waals surface area contributed by atoms with Crippen molar-refractivity contribution in [1.29, 1.82) is 5.26 Å². The zero-order valence-corrected chi connectivity index (χ0v) is 19.2. The first kappa shape index (κ1) is 22.8. The van der Waals surface area contributed by atoms with Crippen LogP contribution in [0.3, 0.4) is 0 Å². The van der Waals surface area contributed by atoms with Crippen molar-refractivity contribution in [3.8, 4) is 28.8 Å². The Balaban J connectivity index is 1.71. The Labute approximate surface area is 202 Å². The number of amides is 1. The van der Waals surface area contributed by atoms with Crippen LogP contribution in [0.4, 0.5) is 0 Å². The molecule has 1 amide bonds. The smallest absolute Gasteiger partial charge is 0.261 e. The molecular formula is C27H21ClN4O2. The normalized spacial score (nSPS) is 11.0. The lowest BCUT2D eigenvalue weighted by Crippen LogP contribution is -2.19. The highest BCUT2D eigenvalue weighted by molar-refractivity contribution is 6.30. The van der Waals surface area contributed by atoms with Crippen LogP contribution in [0.1, 0.15) is 11.1 Å². The molecule has 0 radical (unpaired) electrons. The second-order valence-electron chi connectivity index (χ2n) is 7.41. The van der Waals surface area contributed by atoms with Gasteiger partial charge in [-0.3, -0.25) is 4.79 Å². The molecule has 1 heterocycles. The molecule has 0 aliphatic carbocycles. The molecule has 0 atom stereocenters. The second kappa shape index (κ2) is 10.5. The van der Waals surface area contributed by atoms with Gasteiger partial charge in [0.1, 0.15) is 29.7 Å². The number of benzene rings is 3. The summed E-state index contributed by atoms with van der Waals surface area (Å²) in [6.45, 7) is 0.390. The average Bonchev–Trinajstić information content (AvgIpc) is 3.31. The number of para-hydroxylation sites is 1. The molecule has 3 aromatic carbocycles. The van der Waals surface area contributed by atoms with Crippen molar-refractivity contribution >= 4 is 23.6 Å². The van der Waals surface area contributed by atoms with E-state index in [0.29, 0.717) is 28.6 Å². The number of hydrogen-bond donors (Lipinski definition) is 1. The highest BCUT2D eigenvalue weighted by atomic mass is 35.5. The quantitative estimate of drug-likeness (QED) is 0.290. The van der Waals surface area contributed by atoms with E-state index in [4.69, 9.17) is 21.4 Å². The Morgan fingerprint density at radius 1 is 1.12 bits per heavy atom. The van der Waals surface area contributed by atoms with E-state index in [9.17, 15) is 10.1 Å². The summed E-state index contributed by atoms with van der Waals surface area (Å²) in [5.41, 5.74) is 3.90. The average molecular weight is 469 g/mol. The van der Waals surface area contributed by atoms with Crippen LogP contribution in [-0.4, -0.2) is 22.7 Å². The molecule has 0 fully saturated rings. The monoisotopic (exact) mass is 468 g/mol. The Kier molecular flexibility index (Phi) is 7.07. The number of nitriles is 1. The number of aromatic nitrogens is 2. The number of halogens is 1. The summed E-state index contributed by atoms with van der Waals surface area (Å²) in [6.07, 6.45) is 3.34. The minimum Gasteiger partial charge on any atom is -0.489 e. The number of rotatable bonds is 7. The summed E-state index contributed by atoms with van der Waals surface area (Å²) in [7, 11) is 1.49. The molecule has 0 spiro atoms. The lowest BCUT2D eigenvalue weighted by atomic mass is 10.1. The van der Waals surface area contributed by atoms with Gasteiger partial charge in [-0.15, -0.1) is 0 Å². The summed E-state index contributed by atoms with van der Waals surface area (Å²) < 4.78 is 7.70. The summed E-state index contributed by atoms with van der Waals surface area (Å²) >= 11 is 5.95. The van der Waals surface area contributed by atoms with Gasteiger partial charge in [-0.05, 0) is 48.0 Å². The van der Waals surface area contributed by atoms with Crippen molar-refractivity contribution in [2.24, 2.45) is 0 Å². The Hall–Kier alpha value is -4.34. The molecule has 0 aliphatic heterocycles. The van der Waals surface area contributed by atoms with Crippen molar-refractivity contribution in [3.05, 3.63) is 107 Å². The van der Waals surface area contributed by atoms with Crippen LogP contribution in [0, 0.1) is 11.3 Å². The SMILES string of the molecule is CNC(=O)/C(C#N)=C\c1cn(-c2ccccc2)nc1-c1cccc(OCc2ccc(Cl)cc2)c1. The van der Waals surface area contributed by atoms with E-state index in [-0.39, 0.29) is 5.57 Å². The summed E-state index contributed by atoms with van der Waals surface area (Å²) in [5, 5.41) is 17.4. The van der Waals surface area contributed by atoms with E-state index in [1.54, 1.807) is 17.0 Å². The summed E-state index contributed by atoms with van der Waals surface area (Å²) in [4.78, 5) is 12.1. The Bertz CT molecular complexity index is 1370. The van der Waals surface area contributed by atoms with Crippen molar-refractivity contribution in [2.75, 3.05) is 7.05 Å². The van der Waals surface area contributed by atoms with Gasteiger partial charge in [0, 0.05) is 29.4 Å². The maximum atomic E-state index is 12.1. The van der Waals surface area contributed by atoms with Gasteiger partial charge < -0.3 is 10.1 Å². The maximum absolute atomic E-state index is 12.1. The molecule has 0 aliphatic rings. The number of likely N-dealkylation sites (N-methyl/N-ethyl adjacent to an activating group) is 1. The standard InChI is InChI=1S/C27H21ClN4O2/c1-30-27(33)21(16-29)14-22-17-32(24-7-3-2-4-8-24)31-26(22)20-6-5-9-25(15-20)34-18-19-10-12-23(28)13-11-19/h2-15,17H,18H2,1H3,(H,30,33)/b21-14-. The summed E-state index contributed by atoms with van der Waals surface area (Å²) in [5.74, 6) is 0.212. The van der Waals surface area contributed by atoms with Gasteiger partial charge >= 0.3 is 0 Å². The van der Waals surface area contributed by atoms with Crippen LogP contribution in [0.25, 0.3) is 23.0 Å². The maximum Gasteiger partial charge on any atom is 0.261 e. The van der Waals surface area contributed by atoms with Gasteiger partial charge in [-0.1, -0.05) is 54.1 Å². The van der Waals surface area contributed by atoms with Crippen molar-refractivity contribution in [2.45, 2.75) is 6.61 Å². The molecule has 0 unspecified atom stereocenters. The van der Waals surface area contributed by atoms with Crippen molar-refractivity contribution in [3.63, 3.8) is 0 Å². The van der Waals surface area contributed by atoms with Gasteiger partial charge in [0.15, 0.2) is 0 Å². The fraction of sp³-hybridized carbons (Fsp3) is 0.0741. The number of hydrogen-bond acceptors (Lipinski definition) is 4. The highest BCUT2D eigenvalue weighted by Crippen LogP contribution is 2.29. The van der Waals surface area contributed by atoms with E-state index in [2.05, 4.69) is 5.32 Å². The molecule has 1 N–H and O–H groups in total. The lowest BCUT2D eigenvalue weighted by Gasteiger charge is -2.08. The molecular weight excluding hydrogens is 448 g/mol. The first-order valence-electron chi connectivity index (χ1n) is 10.5. The molecule has 0 saturated heterocycles. The van der Waals surface area contributed by atoms with E-state index in [1.807, 2.05) is 84.9 Å². The van der Waals surface area contributed by atoms with Crippen molar-refractivity contribution < 1.29 is 9.53 Å². The highest BCUT2D eigenvalue weighted by Gasteiger charge is 2.15. The van der Waals surface area contributed by atoms with E-state index in [0.717, 1.165) is 16.8 Å². The number of nitrogens with zero attached hydrogens (tertiary/aromatic N) is 3. The number of carbonyl (C=O) groups is 1. The minimum absolute atomic E-state index is 0.00787. The fourth-order valence-electron chi connectivity index (χ4n) is 3.35. The molecule has 6 nitrogen and oxygen atoms in total. The zero-order chi connectivity index (χ0) is 23.9. The molecule has 1 aromatic heterocycles. The van der Waals surface area contributed by atoms with E-state index >= 15 is 0 Å². The molecule has 0 bridgehead atoms. The molecule has 168 valence electrons. The Morgan fingerprint density at radius 3 is 2.59 bits per heavy atom. The van der Waals surface area contributed by atoms with Gasteiger partial charge in [-0.25, -0.2) is 4.68 Å².